The molecular weight excluding hydrogens is 282 g/mol. The summed E-state index contributed by atoms with van der Waals surface area (Å²) in [7, 11) is 1.97. The van der Waals surface area contributed by atoms with Gasteiger partial charge in [0.05, 0.1) is 17.7 Å². The van der Waals surface area contributed by atoms with Crippen LogP contribution in [0.15, 0.2) is 48.5 Å². The fourth-order valence-electron chi connectivity index (χ4n) is 2.51. The molecule has 3 nitrogen and oxygen atoms in total. The number of hydrogen-bond acceptors (Lipinski definition) is 3. The van der Waals surface area contributed by atoms with E-state index >= 15 is 0 Å². The molecule has 2 unspecified atom stereocenters. The van der Waals surface area contributed by atoms with E-state index in [1.807, 2.05) is 56.4 Å². The molecule has 0 saturated carbocycles. The van der Waals surface area contributed by atoms with Crippen molar-refractivity contribution in [2.75, 3.05) is 11.9 Å². The number of hydrogen-bond donors (Lipinski definition) is 1. The first-order chi connectivity index (χ1) is 10.0. The number of nitrogens with zero attached hydrogens (tertiary/aromatic N) is 2. The number of nitrogens with two attached hydrogens (primary N) is 1. The third-order valence-corrected chi connectivity index (χ3v) is 3.87. The smallest absolute Gasteiger partial charge is 0.0992 e. The maximum Gasteiger partial charge on any atom is 0.0992 e. The molecule has 0 heterocycles. The minimum Gasteiger partial charge on any atom is -0.366 e. The van der Waals surface area contributed by atoms with Crippen LogP contribution in [-0.2, 0) is 0 Å². The van der Waals surface area contributed by atoms with Crippen LogP contribution in [0, 0.1) is 11.3 Å². The van der Waals surface area contributed by atoms with Gasteiger partial charge >= 0.3 is 0 Å². The van der Waals surface area contributed by atoms with Crippen LogP contribution < -0.4 is 10.6 Å². The van der Waals surface area contributed by atoms with Crippen molar-refractivity contribution in [3.05, 3.63) is 64.7 Å². The first-order valence-electron chi connectivity index (χ1n) is 6.77. The van der Waals surface area contributed by atoms with Gasteiger partial charge in [0.2, 0.25) is 0 Å². The fraction of sp³-hybridized carbons (Fsp3) is 0.235. The highest BCUT2D eigenvalue weighted by Crippen LogP contribution is 2.32. The van der Waals surface area contributed by atoms with Crippen LogP contribution in [0.1, 0.15) is 24.1 Å². The molecule has 2 aromatic carbocycles. The van der Waals surface area contributed by atoms with E-state index in [0.29, 0.717) is 10.6 Å². The van der Waals surface area contributed by atoms with Gasteiger partial charge < -0.3 is 10.6 Å². The summed E-state index contributed by atoms with van der Waals surface area (Å²) >= 11 is 6.32. The Morgan fingerprint density at radius 1 is 1.19 bits per heavy atom. The summed E-state index contributed by atoms with van der Waals surface area (Å²) in [5.74, 6) is 0. The van der Waals surface area contributed by atoms with E-state index in [4.69, 9.17) is 22.6 Å². The van der Waals surface area contributed by atoms with Gasteiger partial charge in [-0.25, -0.2) is 0 Å². The van der Waals surface area contributed by atoms with Crippen molar-refractivity contribution in [3.8, 4) is 6.07 Å². The molecule has 2 atom stereocenters. The molecule has 21 heavy (non-hydrogen) atoms. The van der Waals surface area contributed by atoms with Crippen LogP contribution in [0.25, 0.3) is 0 Å². The van der Waals surface area contributed by atoms with Gasteiger partial charge in [0.15, 0.2) is 0 Å². The van der Waals surface area contributed by atoms with Crippen molar-refractivity contribution >= 4 is 17.3 Å². The predicted molar refractivity (Wildman–Crippen MR) is 87.4 cm³/mol. The van der Waals surface area contributed by atoms with E-state index in [-0.39, 0.29) is 12.1 Å². The highest BCUT2D eigenvalue weighted by atomic mass is 35.5. The van der Waals surface area contributed by atoms with Crippen molar-refractivity contribution in [3.63, 3.8) is 0 Å². The molecule has 108 valence electrons. The molecular formula is C17H18ClN3. The number of rotatable bonds is 4. The largest absolute Gasteiger partial charge is 0.366 e. The van der Waals surface area contributed by atoms with E-state index in [1.165, 1.54) is 0 Å². The van der Waals surface area contributed by atoms with Gasteiger partial charge in [-0.15, -0.1) is 0 Å². The average Bonchev–Trinajstić information content (AvgIpc) is 2.49. The Kier molecular flexibility index (Phi) is 4.85. The average molecular weight is 300 g/mol. The van der Waals surface area contributed by atoms with Crippen molar-refractivity contribution in [2.24, 2.45) is 5.73 Å². The van der Waals surface area contributed by atoms with E-state index in [0.717, 1.165) is 11.3 Å². The second-order valence-corrected chi connectivity index (χ2v) is 5.51. The molecule has 2 rings (SSSR count). The first-order valence-corrected chi connectivity index (χ1v) is 7.15. The Labute approximate surface area is 130 Å². The second-order valence-electron chi connectivity index (χ2n) is 5.10. The summed E-state index contributed by atoms with van der Waals surface area (Å²) in [4.78, 5) is 2.06. The topological polar surface area (TPSA) is 53.0 Å². The van der Waals surface area contributed by atoms with E-state index in [2.05, 4.69) is 11.0 Å². The summed E-state index contributed by atoms with van der Waals surface area (Å²) < 4.78 is 0. The molecule has 0 aliphatic heterocycles. The number of anilines is 1. The van der Waals surface area contributed by atoms with Gasteiger partial charge in [-0.2, -0.15) is 5.26 Å². The van der Waals surface area contributed by atoms with Gasteiger partial charge in [0.1, 0.15) is 0 Å². The van der Waals surface area contributed by atoms with Crippen molar-refractivity contribution < 1.29 is 0 Å². The summed E-state index contributed by atoms with van der Waals surface area (Å²) in [5, 5.41) is 9.74. The molecule has 2 N–H and O–H groups in total. The molecule has 0 amide bonds. The first kappa shape index (κ1) is 15.4. The Morgan fingerprint density at radius 3 is 2.52 bits per heavy atom. The molecule has 0 saturated heterocycles. The van der Waals surface area contributed by atoms with Crippen molar-refractivity contribution in [1.82, 2.24) is 0 Å². The highest BCUT2D eigenvalue weighted by Gasteiger charge is 2.23. The molecule has 0 aliphatic carbocycles. The zero-order valence-corrected chi connectivity index (χ0v) is 12.9. The van der Waals surface area contributed by atoms with Crippen molar-refractivity contribution in [2.45, 2.75) is 19.0 Å². The quantitative estimate of drug-likeness (QED) is 0.935. The zero-order valence-electron chi connectivity index (χ0n) is 12.1. The number of benzene rings is 2. The van der Waals surface area contributed by atoms with Crippen LogP contribution in [-0.4, -0.2) is 13.1 Å². The highest BCUT2D eigenvalue weighted by molar-refractivity contribution is 6.31. The summed E-state index contributed by atoms with van der Waals surface area (Å²) in [5.41, 5.74) is 8.73. The van der Waals surface area contributed by atoms with Crippen LogP contribution in [0.5, 0.6) is 0 Å². The maximum absolute atomic E-state index is 9.04. The fourth-order valence-corrected chi connectivity index (χ4v) is 2.76. The molecule has 0 aliphatic rings. The summed E-state index contributed by atoms with van der Waals surface area (Å²) in [6.45, 7) is 1.96. The Hall–Kier alpha value is -2.02. The summed E-state index contributed by atoms with van der Waals surface area (Å²) in [6, 6.07) is 17.2. The minimum absolute atomic E-state index is 0.0624. The van der Waals surface area contributed by atoms with Gasteiger partial charge in [0, 0.05) is 23.8 Å². The van der Waals surface area contributed by atoms with Gasteiger partial charge in [-0.1, -0.05) is 35.9 Å². The van der Waals surface area contributed by atoms with Crippen LogP contribution in [0.4, 0.5) is 5.69 Å². The van der Waals surface area contributed by atoms with Crippen molar-refractivity contribution in [1.29, 1.82) is 5.26 Å². The third kappa shape index (κ3) is 3.36. The molecule has 0 fully saturated rings. The standard InChI is InChI=1S/C17H18ClN3/c1-12(20)17(15-8-3-4-9-16(15)18)21(2)14-7-5-6-13(10-14)11-19/h3-10,12,17H,20H2,1-2H3. The lowest BCUT2D eigenvalue weighted by atomic mass is 9.98. The lowest BCUT2D eigenvalue weighted by Gasteiger charge is -2.34. The van der Waals surface area contributed by atoms with E-state index < -0.39 is 0 Å². The van der Waals surface area contributed by atoms with E-state index in [1.54, 1.807) is 6.07 Å². The van der Waals surface area contributed by atoms with Gasteiger partial charge in [-0.3, -0.25) is 0 Å². The monoisotopic (exact) mass is 299 g/mol. The molecule has 0 bridgehead atoms. The number of likely N-dealkylation sites (N-methyl/N-ethyl adjacent to an activating group) is 1. The predicted octanol–water partition coefficient (Wildman–Crippen LogP) is 3.74. The third-order valence-electron chi connectivity index (χ3n) is 3.52. The number of nitriles is 1. The van der Waals surface area contributed by atoms with Gasteiger partial charge in [-0.05, 0) is 36.8 Å². The van der Waals surface area contributed by atoms with Crippen LogP contribution >= 0.6 is 11.6 Å². The molecule has 2 aromatic rings. The Balaban J connectivity index is 2.43. The zero-order chi connectivity index (χ0) is 15.4. The van der Waals surface area contributed by atoms with Gasteiger partial charge in [0.25, 0.3) is 0 Å². The van der Waals surface area contributed by atoms with Crippen LogP contribution in [0.3, 0.4) is 0 Å². The Morgan fingerprint density at radius 2 is 1.90 bits per heavy atom. The SMILES string of the molecule is CC(N)C(c1ccccc1Cl)N(C)c1cccc(C#N)c1. The lowest BCUT2D eigenvalue weighted by molar-refractivity contribution is 0.559. The number of halogens is 1. The summed E-state index contributed by atoms with van der Waals surface area (Å²) in [6.07, 6.45) is 0. The second kappa shape index (κ2) is 6.62. The van der Waals surface area contributed by atoms with E-state index in [9.17, 15) is 0 Å². The molecule has 0 aromatic heterocycles. The Bertz CT molecular complexity index is 661. The molecule has 4 heteroatoms. The molecule has 0 radical (unpaired) electrons. The maximum atomic E-state index is 9.04. The molecule has 0 spiro atoms. The minimum atomic E-state index is -0.111. The lowest BCUT2D eigenvalue weighted by Crippen LogP contribution is -2.37. The normalized spacial score (nSPS) is 13.3. The van der Waals surface area contributed by atoms with Crippen LogP contribution in [0.2, 0.25) is 5.02 Å².